The number of piperazine rings is 1. The van der Waals surface area contributed by atoms with Crippen LogP contribution in [0.5, 0.6) is 11.5 Å². The summed E-state index contributed by atoms with van der Waals surface area (Å²) >= 11 is 0. The van der Waals surface area contributed by atoms with Gasteiger partial charge in [0.05, 0.1) is 25.5 Å². The molecule has 0 amide bonds. The van der Waals surface area contributed by atoms with Crippen LogP contribution in [-0.2, 0) is 6.54 Å². The molecule has 5 nitrogen and oxygen atoms in total. The number of hydrogen-bond acceptors (Lipinski definition) is 4. The fourth-order valence-electron chi connectivity index (χ4n) is 3.90. The van der Waals surface area contributed by atoms with Crippen LogP contribution >= 0.6 is 0 Å². The molecule has 1 fully saturated rings. The van der Waals surface area contributed by atoms with Gasteiger partial charge in [0.2, 0.25) is 0 Å². The van der Waals surface area contributed by atoms with Crippen LogP contribution in [0.4, 0.5) is 5.69 Å². The topological polar surface area (TPSA) is 37.3 Å². The van der Waals surface area contributed by atoms with Gasteiger partial charge in [-0.05, 0) is 54.8 Å². The first kappa shape index (κ1) is 23.4. The van der Waals surface area contributed by atoms with E-state index < -0.39 is 0 Å². The van der Waals surface area contributed by atoms with Crippen molar-refractivity contribution in [2.45, 2.75) is 13.5 Å². The van der Waals surface area contributed by atoms with E-state index in [1.165, 1.54) is 11.1 Å². The molecule has 3 aromatic carbocycles. The summed E-state index contributed by atoms with van der Waals surface area (Å²) in [6.07, 6.45) is 0. The first-order valence-electron chi connectivity index (χ1n) is 11.6. The lowest BCUT2D eigenvalue weighted by atomic mass is 10.1. The van der Waals surface area contributed by atoms with Crippen molar-refractivity contribution in [2.24, 2.45) is 4.99 Å². The van der Waals surface area contributed by atoms with Gasteiger partial charge in [-0.2, -0.15) is 0 Å². The van der Waals surface area contributed by atoms with Gasteiger partial charge in [0.15, 0.2) is 5.84 Å². The zero-order valence-electron chi connectivity index (χ0n) is 20.1. The number of nitrogens with zero attached hydrogens (tertiary/aromatic N) is 3. The summed E-state index contributed by atoms with van der Waals surface area (Å²) in [5, 5.41) is 0. The second-order valence-corrected chi connectivity index (χ2v) is 8.33. The Labute approximate surface area is 202 Å². The Morgan fingerprint density at radius 1 is 0.853 bits per heavy atom. The van der Waals surface area contributed by atoms with E-state index in [2.05, 4.69) is 52.8 Å². The zero-order valence-corrected chi connectivity index (χ0v) is 20.1. The molecule has 3 aromatic rings. The van der Waals surface area contributed by atoms with Gasteiger partial charge < -0.3 is 14.4 Å². The Bertz CT molecular complexity index is 1170. The third-order valence-corrected chi connectivity index (χ3v) is 5.92. The normalized spacial score (nSPS) is 14.3. The lowest BCUT2D eigenvalue weighted by molar-refractivity contribution is 0.176. The molecule has 34 heavy (non-hydrogen) atoms. The van der Waals surface area contributed by atoms with Crippen LogP contribution in [0.3, 0.4) is 0 Å². The van der Waals surface area contributed by atoms with Crippen LogP contribution in [0.1, 0.15) is 16.7 Å². The maximum atomic E-state index is 5.47. The average Bonchev–Trinajstić information content (AvgIpc) is 2.89. The summed E-state index contributed by atoms with van der Waals surface area (Å²) in [7, 11) is 3.33. The lowest BCUT2D eigenvalue weighted by Gasteiger charge is -2.35. The smallest absolute Gasteiger partial charge is 0.182 e. The molecule has 1 aliphatic rings. The van der Waals surface area contributed by atoms with Crippen molar-refractivity contribution >= 4 is 11.5 Å². The number of methoxy groups -OCH3 is 2. The van der Waals surface area contributed by atoms with E-state index >= 15 is 0 Å². The van der Waals surface area contributed by atoms with Crippen LogP contribution in [-0.4, -0.2) is 56.0 Å². The van der Waals surface area contributed by atoms with Gasteiger partial charge in [-0.1, -0.05) is 47.9 Å². The van der Waals surface area contributed by atoms with Crippen molar-refractivity contribution in [1.82, 2.24) is 9.80 Å². The van der Waals surface area contributed by atoms with Crippen LogP contribution in [0, 0.1) is 18.8 Å². The van der Waals surface area contributed by atoms with Crippen molar-refractivity contribution in [1.29, 1.82) is 0 Å². The molecular weight excluding hydrogens is 422 g/mol. The number of benzene rings is 3. The van der Waals surface area contributed by atoms with E-state index in [1.807, 2.05) is 48.5 Å². The summed E-state index contributed by atoms with van der Waals surface area (Å²) in [4.78, 5) is 9.66. The van der Waals surface area contributed by atoms with Crippen molar-refractivity contribution in [3.05, 3.63) is 89.5 Å². The van der Waals surface area contributed by atoms with Crippen molar-refractivity contribution in [3.63, 3.8) is 0 Å². The molecule has 0 unspecified atom stereocenters. The Kier molecular flexibility index (Phi) is 7.85. The molecule has 1 heterocycles. The molecule has 4 rings (SSSR count). The van der Waals surface area contributed by atoms with Crippen LogP contribution in [0.25, 0.3) is 0 Å². The molecule has 0 bridgehead atoms. The molecule has 0 radical (unpaired) electrons. The predicted octanol–water partition coefficient (Wildman–Crippen LogP) is 4.91. The molecular formula is C29H31N3O2. The van der Waals surface area contributed by atoms with Gasteiger partial charge in [0.1, 0.15) is 11.5 Å². The van der Waals surface area contributed by atoms with Crippen molar-refractivity contribution < 1.29 is 9.47 Å². The minimum absolute atomic E-state index is 0.765. The van der Waals surface area contributed by atoms with E-state index in [1.54, 1.807) is 14.2 Å². The first-order valence-corrected chi connectivity index (χ1v) is 11.6. The van der Waals surface area contributed by atoms with Crippen molar-refractivity contribution in [3.8, 4) is 23.3 Å². The number of hydrogen-bond donors (Lipinski definition) is 0. The fourth-order valence-corrected chi connectivity index (χ4v) is 3.90. The third kappa shape index (κ3) is 6.18. The monoisotopic (exact) mass is 453 g/mol. The SMILES string of the molecule is COc1ccc(/N=C(/C#Cc2ccccc2OC)N2CCN(Cc3ccc(C)cc3)CC2)cc1. The summed E-state index contributed by atoms with van der Waals surface area (Å²) in [6, 6.07) is 24.4. The standard InChI is InChI=1S/C29H31N3O2/c1-23-8-10-24(11-9-23)22-31-18-20-32(21-19-31)29(30-26-13-15-27(33-2)16-14-26)17-12-25-6-4-5-7-28(25)34-3/h4-11,13-16H,18-22H2,1-3H3/b30-29-. The third-order valence-electron chi connectivity index (χ3n) is 5.92. The summed E-state index contributed by atoms with van der Waals surface area (Å²) in [6.45, 7) is 6.77. The van der Waals surface area contributed by atoms with E-state index in [9.17, 15) is 0 Å². The maximum absolute atomic E-state index is 5.47. The maximum Gasteiger partial charge on any atom is 0.182 e. The molecule has 0 saturated carbocycles. The Balaban J connectivity index is 1.53. The first-order chi connectivity index (χ1) is 16.6. The number of rotatable bonds is 5. The highest BCUT2D eigenvalue weighted by Crippen LogP contribution is 2.20. The number of ether oxygens (including phenoxy) is 2. The molecule has 0 aliphatic carbocycles. The van der Waals surface area contributed by atoms with Gasteiger partial charge in [0, 0.05) is 32.7 Å². The summed E-state index contributed by atoms with van der Waals surface area (Å²) in [5.41, 5.74) is 4.35. The van der Waals surface area contributed by atoms with Gasteiger partial charge >= 0.3 is 0 Å². The Morgan fingerprint density at radius 2 is 1.56 bits per heavy atom. The second kappa shape index (κ2) is 11.4. The zero-order chi connectivity index (χ0) is 23.8. The predicted molar refractivity (Wildman–Crippen MR) is 138 cm³/mol. The van der Waals surface area contributed by atoms with Gasteiger partial charge in [-0.25, -0.2) is 4.99 Å². The van der Waals surface area contributed by atoms with E-state index in [0.29, 0.717) is 0 Å². The molecule has 5 heteroatoms. The van der Waals surface area contributed by atoms with Gasteiger partial charge in [-0.15, -0.1) is 0 Å². The van der Waals surface area contributed by atoms with Crippen LogP contribution < -0.4 is 9.47 Å². The lowest BCUT2D eigenvalue weighted by Crippen LogP contribution is -2.48. The highest BCUT2D eigenvalue weighted by Gasteiger charge is 2.19. The molecule has 174 valence electrons. The molecule has 0 N–H and O–H groups in total. The highest BCUT2D eigenvalue weighted by atomic mass is 16.5. The molecule has 1 aliphatic heterocycles. The largest absolute Gasteiger partial charge is 0.497 e. The highest BCUT2D eigenvalue weighted by molar-refractivity contribution is 6.00. The second-order valence-electron chi connectivity index (χ2n) is 8.33. The number of aliphatic imine (C=N–C) groups is 1. The Hall–Kier alpha value is -3.75. The minimum Gasteiger partial charge on any atom is -0.497 e. The van der Waals surface area contributed by atoms with Crippen molar-refractivity contribution in [2.75, 3.05) is 40.4 Å². The van der Waals surface area contributed by atoms with Gasteiger partial charge in [0.25, 0.3) is 0 Å². The van der Waals surface area contributed by atoms with Crippen LogP contribution in [0.15, 0.2) is 77.8 Å². The minimum atomic E-state index is 0.765. The van der Waals surface area contributed by atoms with E-state index in [4.69, 9.17) is 14.5 Å². The quantitative estimate of drug-likeness (QED) is 0.312. The number of aryl methyl sites for hydroxylation is 1. The number of amidine groups is 1. The molecule has 1 saturated heterocycles. The Morgan fingerprint density at radius 3 is 2.24 bits per heavy atom. The summed E-state index contributed by atoms with van der Waals surface area (Å²) in [5.74, 6) is 8.94. The van der Waals surface area contributed by atoms with E-state index in [-0.39, 0.29) is 0 Å². The van der Waals surface area contributed by atoms with Gasteiger partial charge in [-0.3, -0.25) is 4.90 Å². The molecule has 0 atom stereocenters. The molecule has 0 spiro atoms. The summed E-state index contributed by atoms with van der Waals surface area (Å²) < 4.78 is 10.8. The molecule has 0 aromatic heterocycles. The number of para-hydroxylation sites is 1. The fraction of sp³-hybridized carbons (Fsp3) is 0.276. The van der Waals surface area contributed by atoms with Crippen LogP contribution in [0.2, 0.25) is 0 Å². The average molecular weight is 454 g/mol. The van der Waals surface area contributed by atoms with E-state index in [0.717, 1.165) is 61.3 Å².